The van der Waals surface area contributed by atoms with Crippen molar-refractivity contribution >= 4 is 29.1 Å². The molecule has 0 bridgehead atoms. The average Bonchev–Trinajstić information content (AvgIpc) is 2.45. The van der Waals surface area contributed by atoms with E-state index in [0.717, 1.165) is 0 Å². The highest BCUT2D eigenvalue weighted by molar-refractivity contribution is 6.35. The van der Waals surface area contributed by atoms with E-state index in [4.69, 9.17) is 33.7 Å². The van der Waals surface area contributed by atoms with Crippen molar-refractivity contribution in [3.05, 3.63) is 63.6 Å². The fraction of sp³-hybridized carbons (Fsp3) is 0.133. The van der Waals surface area contributed by atoms with Crippen molar-refractivity contribution < 1.29 is 14.6 Å². The van der Waals surface area contributed by atoms with E-state index in [1.165, 1.54) is 0 Å². The fourth-order valence-corrected chi connectivity index (χ4v) is 2.36. The van der Waals surface area contributed by atoms with E-state index in [-0.39, 0.29) is 12.2 Å². The predicted octanol–water partition coefficient (Wildman–Crippen LogP) is 3.20. The van der Waals surface area contributed by atoms with E-state index < -0.39 is 12.0 Å². The molecule has 4 nitrogen and oxygen atoms in total. The highest BCUT2D eigenvalue weighted by Gasteiger charge is 2.15. The zero-order valence-electron chi connectivity index (χ0n) is 10.9. The van der Waals surface area contributed by atoms with Gasteiger partial charge in [-0.1, -0.05) is 41.4 Å². The van der Waals surface area contributed by atoms with Crippen molar-refractivity contribution in [2.75, 3.05) is 6.61 Å². The molecule has 0 aliphatic rings. The molecule has 110 valence electrons. The molecule has 1 unspecified atom stereocenters. The number of aliphatic hydroxyl groups is 1. The quantitative estimate of drug-likeness (QED) is 0.886. The number of benzene rings is 2. The molecule has 3 N–H and O–H groups in total. The first kappa shape index (κ1) is 15.6. The van der Waals surface area contributed by atoms with E-state index in [9.17, 15) is 9.90 Å². The summed E-state index contributed by atoms with van der Waals surface area (Å²) in [6, 6.07) is 11.3. The van der Waals surface area contributed by atoms with Gasteiger partial charge in [-0.3, -0.25) is 4.79 Å². The molecule has 0 radical (unpaired) electrons. The molecule has 2 aromatic carbocycles. The third-order valence-electron chi connectivity index (χ3n) is 2.87. The van der Waals surface area contributed by atoms with Crippen LogP contribution in [0.15, 0.2) is 42.5 Å². The molecule has 0 saturated heterocycles. The monoisotopic (exact) mass is 325 g/mol. The predicted molar refractivity (Wildman–Crippen MR) is 81.9 cm³/mol. The molecule has 0 aliphatic heterocycles. The summed E-state index contributed by atoms with van der Waals surface area (Å²) >= 11 is 11.8. The Balaban J connectivity index is 2.11. The van der Waals surface area contributed by atoms with Crippen LogP contribution in [0.25, 0.3) is 0 Å². The molecule has 2 rings (SSSR count). The van der Waals surface area contributed by atoms with Crippen LogP contribution in [0.3, 0.4) is 0 Å². The summed E-state index contributed by atoms with van der Waals surface area (Å²) in [6.07, 6.45) is -0.948. The molecule has 2 aromatic rings. The third-order valence-corrected chi connectivity index (χ3v) is 3.43. The minimum Gasteiger partial charge on any atom is -0.490 e. The van der Waals surface area contributed by atoms with Crippen molar-refractivity contribution in [1.29, 1.82) is 0 Å². The molecular weight excluding hydrogens is 313 g/mol. The number of rotatable bonds is 5. The van der Waals surface area contributed by atoms with Gasteiger partial charge in [0, 0.05) is 15.6 Å². The topological polar surface area (TPSA) is 72.6 Å². The Morgan fingerprint density at radius 2 is 1.95 bits per heavy atom. The normalized spacial score (nSPS) is 12.0. The number of carbonyl (C=O) groups excluding carboxylic acids is 1. The number of nitrogens with two attached hydrogens (primary N) is 1. The first-order valence-electron chi connectivity index (χ1n) is 6.13. The van der Waals surface area contributed by atoms with Crippen LogP contribution in [0.4, 0.5) is 0 Å². The molecule has 21 heavy (non-hydrogen) atoms. The number of halogens is 2. The maximum Gasteiger partial charge on any atom is 0.252 e. The Morgan fingerprint density at radius 1 is 1.24 bits per heavy atom. The van der Waals surface area contributed by atoms with Crippen LogP contribution in [-0.2, 0) is 0 Å². The van der Waals surface area contributed by atoms with Gasteiger partial charge in [-0.25, -0.2) is 0 Å². The van der Waals surface area contributed by atoms with Crippen LogP contribution in [0.5, 0.6) is 5.75 Å². The minimum atomic E-state index is -0.948. The molecule has 0 fully saturated rings. The summed E-state index contributed by atoms with van der Waals surface area (Å²) in [5, 5.41) is 10.9. The molecule has 0 aromatic heterocycles. The molecular formula is C15H13Cl2NO3. The fourth-order valence-electron chi connectivity index (χ4n) is 1.83. The lowest BCUT2D eigenvalue weighted by molar-refractivity contribution is 0.0967. The van der Waals surface area contributed by atoms with Gasteiger partial charge in [-0.15, -0.1) is 0 Å². The van der Waals surface area contributed by atoms with Crippen molar-refractivity contribution in [3.63, 3.8) is 0 Å². The molecule has 0 saturated carbocycles. The summed E-state index contributed by atoms with van der Waals surface area (Å²) in [4.78, 5) is 11.3. The lowest BCUT2D eigenvalue weighted by Gasteiger charge is -2.15. The Labute approximate surface area is 132 Å². The smallest absolute Gasteiger partial charge is 0.252 e. The van der Waals surface area contributed by atoms with Crippen molar-refractivity contribution in [3.8, 4) is 5.75 Å². The molecule has 6 heteroatoms. The van der Waals surface area contributed by atoms with E-state index in [0.29, 0.717) is 21.4 Å². The van der Waals surface area contributed by atoms with Crippen LogP contribution in [-0.4, -0.2) is 17.6 Å². The minimum absolute atomic E-state index is 0.0638. The number of aliphatic hydroxyl groups excluding tert-OH is 1. The highest BCUT2D eigenvalue weighted by atomic mass is 35.5. The molecule has 0 aliphatic carbocycles. The summed E-state index contributed by atoms with van der Waals surface area (Å²) in [5.41, 5.74) is 6.01. The van der Waals surface area contributed by atoms with Gasteiger partial charge in [-0.05, 0) is 24.3 Å². The number of para-hydroxylation sites is 1. The molecule has 0 spiro atoms. The Morgan fingerprint density at radius 3 is 2.62 bits per heavy atom. The van der Waals surface area contributed by atoms with Gasteiger partial charge in [0.1, 0.15) is 18.5 Å². The second kappa shape index (κ2) is 6.80. The van der Waals surface area contributed by atoms with Crippen LogP contribution in [0.2, 0.25) is 10.0 Å². The SMILES string of the molecule is NC(=O)c1ccccc1OCC(O)c1ccc(Cl)cc1Cl. The molecule has 1 amide bonds. The van der Waals surface area contributed by atoms with Gasteiger partial charge in [-0.2, -0.15) is 0 Å². The number of carbonyl (C=O) groups is 1. The zero-order chi connectivity index (χ0) is 15.4. The number of amides is 1. The van der Waals surface area contributed by atoms with E-state index in [1.54, 1.807) is 42.5 Å². The maximum absolute atomic E-state index is 11.3. The van der Waals surface area contributed by atoms with Gasteiger partial charge in [0.15, 0.2) is 0 Å². The Kier molecular flexibility index (Phi) is 5.07. The van der Waals surface area contributed by atoms with E-state index >= 15 is 0 Å². The third kappa shape index (κ3) is 3.88. The van der Waals surface area contributed by atoms with E-state index in [1.807, 2.05) is 0 Å². The second-order valence-corrected chi connectivity index (χ2v) is 5.20. The molecule has 0 heterocycles. The summed E-state index contributed by atoms with van der Waals surface area (Å²) < 4.78 is 5.46. The second-order valence-electron chi connectivity index (χ2n) is 4.35. The zero-order valence-corrected chi connectivity index (χ0v) is 12.4. The van der Waals surface area contributed by atoms with E-state index in [2.05, 4.69) is 0 Å². The first-order valence-corrected chi connectivity index (χ1v) is 6.89. The van der Waals surface area contributed by atoms with Crippen molar-refractivity contribution in [2.45, 2.75) is 6.10 Å². The first-order chi connectivity index (χ1) is 9.99. The van der Waals surface area contributed by atoms with Gasteiger partial charge in [0.25, 0.3) is 5.91 Å². The largest absolute Gasteiger partial charge is 0.490 e. The number of primary amides is 1. The Hall–Kier alpha value is -1.75. The van der Waals surface area contributed by atoms with Gasteiger partial charge in [0.2, 0.25) is 0 Å². The lowest BCUT2D eigenvalue weighted by Crippen LogP contribution is -2.15. The summed E-state index contributed by atoms with van der Waals surface area (Å²) in [6.45, 7) is -0.0638. The standard InChI is InChI=1S/C15H13Cl2NO3/c16-9-5-6-10(12(17)7-9)13(19)8-21-14-4-2-1-3-11(14)15(18)20/h1-7,13,19H,8H2,(H2,18,20). The Bertz CT molecular complexity index is 661. The van der Waals surface area contributed by atoms with Crippen LogP contribution in [0, 0.1) is 0 Å². The van der Waals surface area contributed by atoms with Crippen LogP contribution in [0.1, 0.15) is 22.0 Å². The molecule has 1 atom stereocenters. The van der Waals surface area contributed by atoms with Crippen LogP contribution >= 0.6 is 23.2 Å². The number of hydrogen-bond donors (Lipinski definition) is 2. The van der Waals surface area contributed by atoms with Crippen molar-refractivity contribution in [1.82, 2.24) is 0 Å². The van der Waals surface area contributed by atoms with Gasteiger partial charge < -0.3 is 15.6 Å². The average molecular weight is 326 g/mol. The van der Waals surface area contributed by atoms with Gasteiger partial charge >= 0.3 is 0 Å². The number of ether oxygens (including phenoxy) is 1. The number of hydrogen-bond acceptors (Lipinski definition) is 3. The van der Waals surface area contributed by atoms with Gasteiger partial charge in [0.05, 0.1) is 5.56 Å². The summed E-state index contributed by atoms with van der Waals surface area (Å²) in [7, 11) is 0. The highest BCUT2D eigenvalue weighted by Crippen LogP contribution is 2.27. The lowest BCUT2D eigenvalue weighted by atomic mass is 10.1. The summed E-state index contributed by atoms with van der Waals surface area (Å²) in [5.74, 6) is -0.279. The van der Waals surface area contributed by atoms with Crippen LogP contribution < -0.4 is 10.5 Å². The van der Waals surface area contributed by atoms with Crippen molar-refractivity contribution in [2.24, 2.45) is 5.73 Å². The maximum atomic E-state index is 11.3.